The number of nitrogens with one attached hydrogen (secondary N) is 1. The van der Waals surface area contributed by atoms with E-state index < -0.39 is 26.8 Å². The highest BCUT2D eigenvalue weighted by Crippen LogP contribution is 2.48. The number of carbonyl (C=O) groups is 2. The number of methoxy groups -OCH3 is 2. The summed E-state index contributed by atoms with van der Waals surface area (Å²) in [5.74, 6) is -0.203. The molecule has 302 valence electrons. The van der Waals surface area contributed by atoms with Gasteiger partial charge in [-0.15, -0.1) is 0 Å². The maximum Gasteiger partial charge on any atom is 0.264 e. The molecule has 6 atom stereocenters. The number of anilines is 1. The van der Waals surface area contributed by atoms with Crippen LogP contribution in [0.3, 0.4) is 0 Å². The highest BCUT2D eigenvalue weighted by atomic mass is 35.5. The minimum absolute atomic E-state index is 0.0434. The standard InChI is InChI=1S/C34H41ClN2O6S.C9H19NO/c1-22-6-4-15-34(20-38,42-3)29-11-8-26(29)18-37-19-33(14-5-7-24-16-27(35)10-12-28(24)33)21-43-31-13-9-25(17-30(31)37)32(39)36-44(40,41)23(22)2;1-11-9-5-8-10-6-3-2-4-7-10/h4,9-10,12-13,15-17,20,22-23,26,29H,5-8,11,14,18-19,21H2,1-3H3,(H,36,39);2-9H2,1H3/b15-4+;/t22-,23+,26-,29+,33-,34+;/m0./s1. The summed E-state index contributed by atoms with van der Waals surface area (Å²) in [5.41, 5.74) is 2.05. The molecule has 1 amide bonds. The van der Waals surface area contributed by atoms with Crippen LogP contribution in [0.4, 0.5) is 5.69 Å². The fourth-order valence-electron chi connectivity index (χ4n) is 9.30. The van der Waals surface area contributed by atoms with Crippen molar-refractivity contribution in [3.63, 3.8) is 0 Å². The number of piperidine rings is 1. The van der Waals surface area contributed by atoms with Crippen LogP contribution in [0.25, 0.3) is 0 Å². The lowest BCUT2D eigenvalue weighted by atomic mass is 9.64. The summed E-state index contributed by atoms with van der Waals surface area (Å²) in [7, 11) is -0.633. The molecular formula is C43H60ClN3O7S. The maximum atomic E-state index is 13.4. The second-order valence-corrected chi connectivity index (χ2v) is 18.9. The minimum Gasteiger partial charge on any atom is -0.490 e. The Morgan fingerprint density at radius 1 is 1.05 bits per heavy atom. The highest BCUT2D eigenvalue weighted by Gasteiger charge is 2.49. The molecule has 10 nitrogen and oxygen atoms in total. The number of hydrogen-bond donors (Lipinski definition) is 1. The van der Waals surface area contributed by atoms with E-state index in [1.54, 1.807) is 39.3 Å². The average Bonchev–Trinajstić information content (AvgIpc) is 3.32. The van der Waals surface area contributed by atoms with Crippen LogP contribution in [0, 0.1) is 17.8 Å². The molecule has 0 aromatic heterocycles. The molecule has 2 aromatic carbocycles. The molecule has 0 unspecified atom stereocenters. The quantitative estimate of drug-likeness (QED) is 0.188. The Balaban J connectivity index is 0.000000403. The van der Waals surface area contributed by atoms with Crippen LogP contribution in [0.1, 0.15) is 93.1 Å². The number of sulfonamides is 1. The zero-order valence-electron chi connectivity index (χ0n) is 33.1. The topological polar surface area (TPSA) is 114 Å². The summed E-state index contributed by atoms with van der Waals surface area (Å²) in [6.07, 6.45) is 15.1. The predicted molar refractivity (Wildman–Crippen MR) is 218 cm³/mol. The Labute approximate surface area is 333 Å². The zero-order valence-corrected chi connectivity index (χ0v) is 34.6. The summed E-state index contributed by atoms with van der Waals surface area (Å²) in [5, 5.41) is -0.123. The maximum absolute atomic E-state index is 13.4. The molecule has 3 heterocycles. The smallest absolute Gasteiger partial charge is 0.264 e. The molecule has 0 radical (unpaired) electrons. The van der Waals surface area contributed by atoms with E-state index in [1.165, 1.54) is 56.4 Å². The van der Waals surface area contributed by atoms with Gasteiger partial charge in [-0.1, -0.05) is 37.1 Å². The number of likely N-dealkylation sites (tertiary alicyclic amines) is 1. The number of rotatable bonds is 6. The molecule has 1 spiro atoms. The summed E-state index contributed by atoms with van der Waals surface area (Å²) >= 11 is 6.40. The van der Waals surface area contributed by atoms with Crippen molar-refractivity contribution >= 4 is 39.5 Å². The largest absolute Gasteiger partial charge is 0.490 e. The van der Waals surface area contributed by atoms with E-state index in [1.807, 2.05) is 25.1 Å². The first-order valence-electron chi connectivity index (χ1n) is 20.2. The van der Waals surface area contributed by atoms with Crippen molar-refractivity contribution in [2.45, 2.75) is 94.3 Å². The highest BCUT2D eigenvalue weighted by molar-refractivity contribution is 7.90. The van der Waals surface area contributed by atoms with E-state index in [-0.39, 0.29) is 28.7 Å². The Bertz CT molecular complexity index is 1800. The van der Waals surface area contributed by atoms with Crippen molar-refractivity contribution in [3.05, 3.63) is 70.3 Å². The first-order chi connectivity index (χ1) is 26.4. The molecular weight excluding hydrogens is 738 g/mol. The van der Waals surface area contributed by atoms with Gasteiger partial charge in [-0.2, -0.15) is 0 Å². The predicted octanol–water partition coefficient (Wildman–Crippen LogP) is 6.98. The van der Waals surface area contributed by atoms with E-state index in [0.29, 0.717) is 36.9 Å². The summed E-state index contributed by atoms with van der Waals surface area (Å²) in [6, 6.07) is 11.3. The van der Waals surface area contributed by atoms with Crippen LogP contribution < -0.4 is 14.4 Å². The Morgan fingerprint density at radius 3 is 2.56 bits per heavy atom. The van der Waals surface area contributed by atoms with Gasteiger partial charge in [0, 0.05) is 62.4 Å². The summed E-state index contributed by atoms with van der Waals surface area (Å²) in [4.78, 5) is 30.9. The van der Waals surface area contributed by atoms with E-state index >= 15 is 0 Å². The van der Waals surface area contributed by atoms with Gasteiger partial charge in [0.05, 0.1) is 17.5 Å². The normalized spacial score (nSPS) is 31.2. The van der Waals surface area contributed by atoms with Gasteiger partial charge < -0.3 is 24.0 Å². The molecule has 7 rings (SSSR count). The molecule has 12 heteroatoms. The number of nitrogens with zero attached hydrogens (tertiary/aromatic N) is 2. The monoisotopic (exact) mass is 797 g/mol. The lowest BCUT2D eigenvalue weighted by Gasteiger charge is -2.48. The van der Waals surface area contributed by atoms with E-state index in [2.05, 4.69) is 26.7 Å². The van der Waals surface area contributed by atoms with Crippen LogP contribution in [0.15, 0.2) is 48.6 Å². The number of hydrogen-bond acceptors (Lipinski definition) is 9. The van der Waals surface area contributed by atoms with E-state index in [9.17, 15) is 18.0 Å². The Morgan fingerprint density at radius 2 is 1.85 bits per heavy atom. The van der Waals surface area contributed by atoms with E-state index in [4.69, 9.17) is 25.8 Å². The summed E-state index contributed by atoms with van der Waals surface area (Å²) in [6.45, 7) is 9.94. The van der Waals surface area contributed by atoms with Crippen molar-refractivity contribution in [1.29, 1.82) is 0 Å². The number of benzene rings is 2. The second kappa shape index (κ2) is 18.1. The van der Waals surface area contributed by atoms with Gasteiger partial charge in [0.15, 0.2) is 6.29 Å². The molecule has 2 aliphatic carbocycles. The SMILES string of the molecule is COCCCN1CCCCC1.CO[C@@]1(C=O)/C=C/C[C@H](C)[C@@H](C)S(=O)(=O)NC(=O)c2ccc3c(c2)N(C[C@@H]2CC[C@H]21)C[C@@]1(CCCc2cc(Cl)ccc21)CO3. The second-order valence-electron chi connectivity index (χ2n) is 16.5. The van der Waals surface area contributed by atoms with Crippen molar-refractivity contribution in [1.82, 2.24) is 9.62 Å². The first-order valence-corrected chi connectivity index (χ1v) is 22.1. The number of aldehydes is 1. The van der Waals surface area contributed by atoms with E-state index in [0.717, 1.165) is 50.7 Å². The Hall–Kier alpha value is -2.96. The number of amides is 1. The van der Waals surface area contributed by atoms with Crippen molar-refractivity contribution in [2.75, 3.05) is 65.1 Å². The van der Waals surface area contributed by atoms with Gasteiger partial charge in [0.25, 0.3) is 5.91 Å². The number of aryl methyl sites for hydroxylation is 1. The summed E-state index contributed by atoms with van der Waals surface area (Å²) < 4.78 is 46.3. The zero-order chi connectivity index (χ0) is 39.2. The molecule has 1 saturated heterocycles. The fourth-order valence-corrected chi connectivity index (χ4v) is 10.8. The van der Waals surface area contributed by atoms with Gasteiger partial charge in [-0.05, 0) is 137 Å². The van der Waals surface area contributed by atoms with Gasteiger partial charge in [0.2, 0.25) is 10.0 Å². The number of allylic oxidation sites excluding steroid dienone is 1. The average molecular weight is 798 g/mol. The molecule has 3 aliphatic heterocycles. The number of ether oxygens (including phenoxy) is 3. The van der Waals surface area contributed by atoms with Crippen LogP contribution in [0.5, 0.6) is 5.75 Å². The van der Waals surface area contributed by atoms with Gasteiger partial charge in [-0.25, -0.2) is 13.1 Å². The third-order valence-electron chi connectivity index (χ3n) is 13.0. The van der Waals surface area contributed by atoms with Gasteiger partial charge in [-0.3, -0.25) is 9.59 Å². The lowest BCUT2D eigenvalue weighted by Crippen LogP contribution is -2.53. The third kappa shape index (κ3) is 9.27. The molecule has 2 bridgehead atoms. The lowest BCUT2D eigenvalue weighted by molar-refractivity contribution is -0.135. The molecule has 1 saturated carbocycles. The first kappa shape index (κ1) is 41.7. The molecule has 2 fully saturated rings. The van der Waals surface area contributed by atoms with Crippen LogP contribution in [-0.2, 0) is 36.1 Å². The van der Waals surface area contributed by atoms with Gasteiger partial charge >= 0.3 is 0 Å². The third-order valence-corrected chi connectivity index (χ3v) is 15.1. The molecule has 1 N–H and O–H groups in total. The van der Waals surface area contributed by atoms with Crippen molar-refractivity contribution < 1.29 is 32.2 Å². The number of carbonyl (C=O) groups excluding carboxylic acids is 2. The molecule has 2 aromatic rings. The number of halogens is 1. The van der Waals surface area contributed by atoms with Crippen molar-refractivity contribution in [2.24, 2.45) is 17.8 Å². The van der Waals surface area contributed by atoms with Gasteiger partial charge in [0.1, 0.15) is 11.4 Å². The van der Waals surface area contributed by atoms with Crippen LogP contribution in [0.2, 0.25) is 5.02 Å². The number of fused-ring (bicyclic) bond motifs is 4. The van der Waals surface area contributed by atoms with Crippen LogP contribution >= 0.6 is 11.6 Å². The fraction of sp³-hybridized carbons (Fsp3) is 0.628. The van der Waals surface area contributed by atoms with Crippen LogP contribution in [-0.4, -0.2) is 96.5 Å². The molecule has 55 heavy (non-hydrogen) atoms. The molecule has 5 aliphatic rings. The minimum atomic E-state index is -3.97. The Kier molecular flexibility index (Phi) is 13.7. The van der Waals surface area contributed by atoms with Crippen molar-refractivity contribution in [3.8, 4) is 5.75 Å².